The highest BCUT2D eigenvalue weighted by atomic mass is 16.7. The van der Waals surface area contributed by atoms with Crippen LogP contribution in [-0.4, -0.2) is 87.4 Å². The molecule has 0 bridgehead atoms. The molecule has 0 saturated heterocycles. The van der Waals surface area contributed by atoms with Gasteiger partial charge in [-0.1, -0.05) is 306 Å². The normalized spacial score (nSPS) is 12.9. The van der Waals surface area contributed by atoms with E-state index in [-0.39, 0.29) is 38.2 Å². The molecule has 0 aromatic heterocycles. The second-order valence-corrected chi connectivity index (χ2v) is 25.5. The average Bonchev–Trinajstić information content (AvgIpc) is 3.46. The van der Waals surface area contributed by atoms with E-state index in [1.165, 1.54) is 270 Å². The van der Waals surface area contributed by atoms with Crippen LogP contribution in [0.4, 0.5) is 0 Å². The maximum atomic E-state index is 12.9. The maximum absolute atomic E-state index is 12.9. The van der Waals surface area contributed by atoms with Gasteiger partial charge < -0.3 is 28.5 Å². The van der Waals surface area contributed by atoms with Crippen molar-refractivity contribution in [3.8, 4) is 0 Å². The first kappa shape index (κ1) is 80.2. The zero-order chi connectivity index (χ0) is 60.5. The Morgan fingerprint density at radius 1 is 0.361 bits per heavy atom. The Morgan fingerprint density at radius 2 is 0.651 bits per heavy atom. The number of carboxylic acid groups (broad SMARTS) is 1. The maximum Gasteiger partial charge on any atom is 0.361 e. The van der Waals surface area contributed by atoms with Gasteiger partial charge in [0.2, 0.25) is 0 Å². The number of quaternary nitrogens is 1. The number of aliphatic carboxylic acids is 1. The van der Waals surface area contributed by atoms with Crippen molar-refractivity contribution >= 4 is 17.9 Å². The molecular formula is C74H138NO8+. The van der Waals surface area contributed by atoms with Crippen LogP contribution in [0.25, 0.3) is 0 Å². The summed E-state index contributed by atoms with van der Waals surface area (Å²) in [6.07, 6.45) is 81.0. The molecule has 0 rings (SSSR count). The van der Waals surface area contributed by atoms with Gasteiger partial charge in [-0.2, -0.15) is 0 Å². The molecule has 0 aliphatic heterocycles. The number of carbonyl (C=O) groups excluding carboxylic acids is 2. The summed E-state index contributed by atoms with van der Waals surface area (Å²) in [5.74, 6) is -1.98. The number of carboxylic acids is 1. The fraction of sp³-hybridized carbons (Fsp3) is 0.851. The van der Waals surface area contributed by atoms with Crippen LogP contribution in [0.5, 0.6) is 0 Å². The van der Waals surface area contributed by atoms with Gasteiger partial charge in [-0.25, -0.2) is 4.79 Å². The largest absolute Gasteiger partial charge is 0.477 e. The lowest BCUT2D eigenvalue weighted by Gasteiger charge is -2.25. The minimum atomic E-state index is -1.51. The van der Waals surface area contributed by atoms with E-state index in [9.17, 15) is 19.5 Å². The minimum absolute atomic E-state index is 0.179. The SMILES string of the molecule is CCCCCCC/C=C\C/C=C\C/C=C\CCCCCCCCCCCCCCCCCCCCCCCCCCC(=O)OC(COC(=O)CCCCCCCCCCC/C=C\CCCCCCCC)COC(OCC[N+](C)(C)C)C(=O)O. The molecule has 9 nitrogen and oxygen atoms in total. The van der Waals surface area contributed by atoms with Gasteiger partial charge in [0.15, 0.2) is 6.10 Å². The van der Waals surface area contributed by atoms with Crippen molar-refractivity contribution in [1.82, 2.24) is 0 Å². The van der Waals surface area contributed by atoms with Crippen LogP contribution >= 0.6 is 0 Å². The smallest absolute Gasteiger partial charge is 0.361 e. The van der Waals surface area contributed by atoms with Crippen LogP contribution in [-0.2, 0) is 33.3 Å². The molecule has 0 saturated carbocycles. The summed E-state index contributed by atoms with van der Waals surface area (Å²) in [6, 6.07) is 0. The molecule has 9 heteroatoms. The number of rotatable bonds is 67. The molecule has 2 atom stereocenters. The van der Waals surface area contributed by atoms with Gasteiger partial charge in [-0.15, -0.1) is 0 Å². The Bertz CT molecular complexity index is 1500. The highest BCUT2D eigenvalue weighted by molar-refractivity contribution is 5.71. The lowest BCUT2D eigenvalue weighted by molar-refractivity contribution is -0.870. The fourth-order valence-electron chi connectivity index (χ4n) is 10.5. The van der Waals surface area contributed by atoms with Crippen molar-refractivity contribution in [2.45, 2.75) is 360 Å². The molecule has 1 N–H and O–H groups in total. The van der Waals surface area contributed by atoms with Crippen LogP contribution in [0, 0.1) is 0 Å². The molecular weight excluding hydrogens is 1030 g/mol. The summed E-state index contributed by atoms with van der Waals surface area (Å²) < 4.78 is 23.0. The zero-order valence-corrected chi connectivity index (χ0v) is 55.6. The van der Waals surface area contributed by atoms with E-state index in [1.807, 2.05) is 21.1 Å². The fourth-order valence-corrected chi connectivity index (χ4v) is 10.5. The Balaban J connectivity index is 3.97. The first-order valence-electron chi connectivity index (χ1n) is 35.8. The quantitative estimate of drug-likeness (QED) is 0.0211. The highest BCUT2D eigenvalue weighted by Gasteiger charge is 2.25. The van der Waals surface area contributed by atoms with E-state index in [0.29, 0.717) is 17.4 Å². The Kier molecular flexibility index (Phi) is 63.1. The number of hydrogen-bond acceptors (Lipinski definition) is 7. The second-order valence-electron chi connectivity index (χ2n) is 25.5. The van der Waals surface area contributed by atoms with Crippen molar-refractivity contribution in [2.75, 3.05) is 47.5 Å². The highest BCUT2D eigenvalue weighted by Crippen LogP contribution is 2.18. The molecule has 83 heavy (non-hydrogen) atoms. The molecule has 0 fully saturated rings. The van der Waals surface area contributed by atoms with Crippen LogP contribution in [0.1, 0.15) is 348 Å². The van der Waals surface area contributed by atoms with Gasteiger partial charge >= 0.3 is 17.9 Å². The third-order valence-corrected chi connectivity index (χ3v) is 16.1. The summed E-state index contributed by atoms with van der Waals surface area (Å²) in [6.45, 7) is 4.91. The van der Waals surface area contributed by atoms with Crippen LogP contribution in [0.15, 0.2) is 48.6 Å². The topological polar surface area (TPSA) is 108 Å². The molecule has 486 valence electrons. The van der Waals surface area contributed by atoms with Gasteiger partial charge in [0.1, 0.15) is 13.2 Å². The molecule has 2 unspecified atom stereocenters. The number of hydrogen-bond donors (Lipinski definition) is 1. The zero-order valence-electron chi connectivity index (χ0n) is 55.6. The van der Waals surface area contributed by atoms with E-state index in [0.717, 1.165) is 51.4 Å². The monoisotopic (exact) mass is 1170 g/mol. The Hall–Kier alpha value is -2.75. The number of allylic oxidation sites excluding steroid dienone is 8. The number of carbonyl (C=O) groups is 3. The van der Waals surface area contributed by atoms with E-state index < -0.39 is 18.4 Å². The first-order valence-corrected chi connectivity index (χ1v) is 35.8. The third kappa shape index (κ3) is 66.6. The van der Waals surface area contributed by atoms with Crippen LogP contribution in [0.2, 0.25) is 0 Å². The molecule has 0 aromatic rings. The van der Waals surface area contributed by atoms with Crippen molar-refractivity contribution < 1.29 is 42.9 Å². The standard InChI is InChI=1S/C74H137NO8/c1-6-8-10-12-14-16-18-20-22-24-26-27-28-29-30-31-32-33-34-35-36-37-38-39-40-41-42-43-44-45-47-49-51-53-55-57-59-61-63-65-72(77)83-70(69-82-74(73(78)79)80-67-66-75(3,4)5)68-81-71(76)64-62-60-58-56-54-52-50-48-46-25-23-21-19-17-15-13-11-9-7-2/h18,20-21,23-24,26,28-29,70,74H,6-17,19,22,25,27,30-69H2,1-5H3/p+1/b20-18-,23-21-,26-24-,29-28-. The first-order chi connectivity index (χ1) is 40.6. The molecule has 0 aromatic carbocycles. The predicted octanol–water partition coefficient (Wildman–Crippen LogP) is 22.1. The van der Waals surface area contributed by atoms with Crippen molar-refractivity contribution in [3.63, 3.8) is 0 Å². The number of esters is 2. The summed E-state index contributed by atoms with van der Waals surface area (Å²) in [5.41, 5.74) is 0. The molecule has 0 amide bonds. The van der Waals surface area contributed by atoms with Gasteiger partial charge in [0.05, 0.1) is 34.4 Å². The van der Waals surface area contributed by atoms with Crippen molar-refractivity contribution in [1.29, 1.82) is 0 Å². The molecule has 0 radical (unpaired) electrons. The van der Waals surface area contributed by atoms with Gasteiger partial charge in [0.25, 0.3) is 6.29 Å². The van der Waals surface area contributed by atoms with Gasteiger partial charge in [-0.05, 0) is 77.0 Å². The predicted molar refractivity (Wildman–Crippen MR) is 355 cm³/mol. The molecule has 0 aliphatic carbocycles. The second kappa shape index (κ2) is 65.2. The number of nitrogens with zero attached hydrogens (tertiary/aromatic N) is 1. The summed E-state index contributed by atoms with van der Waals surface area (Å²) >= 11 is 0. The van der Waals surface area contributed by atoms with Crippen LogP contribution < -0.4 is 0 Å². The molecule has 0 aliphatic rings. The summed E-state index contributed by atoms with van der Waals surface area (Å²) in [7, 11) is 5.99. The van der Waals surface area contributed by atoms with E-state index >= 15 is 0 Å². The summed E-state index contributed by atoms with van der Waals surface area (Å²) in [4.78, 5) is 37.6. The number of likely N-dealkylation sites (N-methyl/N-ethyl adjacent to an activating group) is 1. The lowest BCUT2D eigenvalue weighted by Crippen LogP contribution is -2.40. The number of unbranched alkanes of at least 4 members (excludes halogenated alkanes) is 44. The van der Waals surface area contributed by atoms with Crippen molar-refractivity contribution in [3.05, 3.63) is 48.6 Å². The van der Waals surface area contributed by atoms with Gasteiger partial charge in [0, 0.05) is 12.8 Å². The summed E-state index contributed by atoms with van der Waals surface area (Å²) in [5, 5.41) is 9.74. The average molecular weight is 1170 g/mol. The Morgan fingerprint density at radius 3 is 0.976 bits per heavy atom. The minimum Gasteiger partial charge on any atom is -0.477 e. The third-order valence-electron chi connectivity index (χ3n) is 16.1. The van der Waals surface area contributed by atoms with Crippen LogP contribution in [0.3, 0.4) is 0 Å². The van der Waals surface area contributed by atoms with Gasteiger partial charge in [-0.3, -0.25) is 9.59 Å². The molecule has 0 spiro atoms. The van der Waals surface area contributed by atoms with E-state index in [4.69, 9.17) is 18.9 Å². The van der Waals surface area contributed by atoms with E-state index in [1.54, 1.807) is 0 Å². The van der Waals surface area contributed by atoms with Crippen molar-refractivity contribution in [2.24, 2.45) is 0 Å². The lowest BCUT2D eigenvalue weighted by atomic mass is 10.0. The van der Waals surface area contributed by atoms with E-state index in [2.05, 4.69) is 62.5 Å². The Labute approximate surface area is 514 Å². The molecule has 0 heterocycles. The number of ether oxygens (including phenoxy) is 4.